The van der Waals surface area contributed by atoms with Gasteiger partial charge in [0.2, 0.25) is 0 Å². The molecule has 2 aliphatic carbocycles. The molecule has 2 atom stereocenters. The van der Waals surface area contributed by atoms with E-state index in [-0.39, 0.29) is 23.3 Å². The van der Waals surface area contributed by atoms with Crippen LogP contribution in [0.3, 0.4) is 0 Å². The monoisotopic (exact) mass is 225 g/mol. The maximum absolute atomic E-state index is 10.3. The minimum absolute atomic E-state index is 0.241. The summed E-state index contributed by atoms with van der Waals surface area (Å²) in [7, 11) is 0. The predicted octanol–water partition coefficient (Wildman–Crippen LogP) is 2.79. The molecule has 0 saturated heterocycles. The number of hydrogen-bond acceptors (Lipinski definition) is 3. The molecule has 1 aromatic heterocycles. The van der Waals surface area contributed by atoms with E-state index in [9.17, 15) is 10.2 Å². The van der Waals surface area contributed by atoms with Crippen molar-refractivity contribution in [2.45, 2.75) is 18.3 Å². The normalized spacial score (nSPS) is 24.5. The second-order valence-corrected chi connectivity index (χ2v) is 4.76. The Morgan fingerprint density at radius 1 is 1.06 bits per heavy atom. The third kappa shape index (κ3) is 0.947. The molecule has 0 aliphatic heterocycles. The highest BCUT2D eigenvalue weighted by atomic mass is 16.3. The van der Waals surface area contributed by atoms with Crippen molar-refractivity contribution in [3.05, 3.63) is 41.6 Å². The highest BCUT2D eigenvalue weighted by Crippen LogP contribution is 2.57. The molecule has 4 rings (SSSR count). The summed E-state index contributed by atoms with van der Waals surface area (Å²) in [5, 5.41) is 21.3. The number of hydrogen-bond donors (Lipinski definition) is 2. The number of benzene rings is 1. The summed E-state index contributed by atoms with van der Waals surface area (Å²) in [6, 6.07) is 3.57. The fraction of sp³-hybridized carbons (Fsp3) is 0.214. The molecule has 3 nitrogen and oxygen atoms in total. The summed E-state index contributed by atoms with van der Waals surface area (Å²) in [5.74, 6) is 1.03. The highest BCUT2D eigenvalue weighted by Gasteiger charge is 2.38. The van der Waals surface area contributed by atoms with Crippen LogP contribution in [-0.2, 0) is 0 Å². The maximum Gasteiger partial charge on any atom is 0.146 e. The van der Waals surface area contributed by atoms with Gasteiger partial charge in [-0.25, -0.2) is 0 Å². The summed E-state index contributed by atoms with van der Waals surface area (Å²) in [5.41, 5.74) is 2.28. The van der Waals surface area contributed by atoms with Gasteiger partial charge >= 0.3 is 0 Å². The Morgan fingerprint density at radius 2 is 1.76 bits per heavy atom. The van der Waals surface area contributed by atoms with Crippen molar-refractivity contribution in [2.24, 2.45) is 0 Å². The van der Waals surface area contributed by atoms with Gasteiger partial charge in [-0.1, -0.05) is 12.2 Å². The SMILES string of the molecule is Oc1c2c(c(O)c3ncccc13)C1C=CC2C1. The Hall–Kier alpha value is -2.03. The molecule has 1 heterocycles. The Balaban J connectivity index is 2.20. The van der Waals surface area contributed by atoms with Gasteiger partial charge in [0.25, 0.3) is 0 Å². The second kappa shape index (κ2) is 2.80. The van der Waals surface area contributed by atoms with Crippen molar-refractivity contribution in [3.8, 4) is 11.5 Å². The molecule has 0 fully saturated rings. The molecule has 0 spiro atoms. The first kappa shape index (κ1) is 9.05. The van der Waals surface area contributed by atoms with E-state index in [1.54, 1.807) is 18.3 Å². The number of pyridine rings is 1. The maximum atomic E-state index is 10.3. The first-order valence-electron chi connectivity index (χ1n) is 5.78. The number of aromatic hydroxyl groups is 2. The lowest BCUT2D eigenvalue weighted by molar-refractivity contribution is 0.459. The molecule has 0 radical (unpaired) electrons. The van der Waals surface area contributed by atoms with Gasteiger partial charge < -0.3 is 10.2 Å². The first-order chi connectivity index (χ1) is 8.27. The van der Waals surface area contributed by atoms with E-state index in [2.05, 4.69) is 17.1 Å². The van der Waals surface area contributed by atoms with Gasteiger partial charge in [-0.2, -0.15) is 0 Å². The molecule has 2 bridgehead atoms. The molecule has 84 valence electrons. The van der Waals surface area contributed by atoms with Crippen LogP contribution >= 0.6 is 0 Å². The smallest absolute Gasteiger partial charge is 0.146 e. The van der Waals surface area contributed by atoms with E-state index < -0.39 is 0 Å². The van der Waals surface area contributed by atoms with Crippen LogP contribution in [0.4, 0.5) is 0 Å². The Kier molecular flexibility index (Phi) is 1.49. The number of allylic oxidation sites excluding steroid dienone is 2. The minimum Gasteiger partial charge on any atom is -0.507 e. The van der Waals surface area contributed by atoms with Crippen LogP contribution in [0.5, 0.6) is 11.5 Å². The summed E-state index contributed by atoms with van der Waals surface area (Å²) in [6.07, 6.45) is 6.83. The van der Waals surface area contributed by atoms with Crippen LogP contribution in [-0.4, -0.2) is 15.2 Å². The Morgan fingerprint density at radius 3 is 2.53 bits per heavy atom. The predicted molar refractivity (Wildman–Crippen MR) is 64.3 cm³/mol. The molecule has 2 aromatic rings. The fourth-order valence-electron chi connectivity index (χ4n) is 3.19. The summed E-state index contributed by atoms with van der Waals surface area (Å²) in [4.78, 5) is 4.17. The van der Waals surface area contributed by atoms with E-state index in [4.69, 9.17) is 0 Å². The average molecular weight is 225 g/mol. The van der Waals surface area contributed by atoms with Crippen molar-refractivity contribution < 1.29 is 10.2 Å². The molecule has 2 unspecified atom stereocenters. The highest BCUT2D eigenvalue weighted by molar-refractivity contribution is 5.94. The fourth-order valence-corrected chi connectivity index (χ4v) is 3.19. The van der Waals surface area contributed by atoms with Crippen molar-refractivity contribution in [1.82, 2.24) is 4.98 Å². The Bertz CT molecular complexity index is 619. The number of nitrogens with zero attached hydrogens (tertiary/aromatic N) is 1. The van der Waals surface area contributed by atoms with Gasteiger partial charge in [0, 0.05) is 34.5 Å². The number of phenols is 2. The number of aromatic nitrogens is 1. The van der Waals surface area contributed by atoms with Gasteiger partial charge in [-0.05, 0) is 18.6 Å². The van der Waals surface area contributed by atoms with Crippen LogP contribution < -0.4 is 0 Å². The minimum atomic E-state index is 0.241. The molecular formula is C14H11NO2. The van der Waals surface area contributed by atoms with Gasteiger partial charge in [-0.15, -0.1) is 0 Å². The van der Waals surface area contributed by atoms with Crippen molar-refractivity contribution in [3.63, 3.8) is 0 Å². The van der Waals surface area contributed by atoms with E-state index in [1.807, 2.05) is 0 Å². The zero-order valence-corrected chi connectivity index (χ0v) is 9.09. The summed E-state index contributed by atoms with van der Waals surface area (Å²) in [6.45, 7) is 0. The van der Waals surface area contributed by atoms with Crippen LogP contribution in [0.15, 0.2) is 30.5 Å². The van der Waals surface area contributed by atoms with Gasteiger partial charge in [-0.3, -0.25) is 4.98 Å². The van der Waals surface area contributed by atoms with Crippen LogP contribution in [0.25, 0.3) is 10.9 Å². The van der Waals surface area contributed by atoms with E-state index in [1.165, 1.54) is 0 Å². The summed E-state index contributed by atoms with van der Waals surface area (Å²) >= 11 is 0. The third-order valence-electron chi connectivity index (χ3n) is 3.91. The van der Waals surface area contributed by atoms with E-state index in [0.29, 0.717) is 10.9 Å². The lowest BCUT2D eigenvalue weighted by atomic mass is 9.92. The zero-order chi connectivity index (χ0) is 11.6. The van der Waals surface area contributed by atoms with Gasteiger partial charge in [0.15, 0.2) is 0 Å². The molecule has 17 heavy (non-hydrogen) atoms. The standard InChI is InChI=1S/C14H11NO2/c16-13-9-2-1-5-15-12(9)14(17)11-8-4-3-7(6-8)10(11)13/h1-5,7-8,16-17H,6H2. The van der Waals surface area contributed by atoms with Crippen molar-refractivity contribution in [1.29, 1.82) is 0 Å². The lowest BCUT2D eigenvalue weighted by Gasteiger charge is -2.16. The number of phenolic OH excluding ortho intramolecular Hbond substituents is 2. The van der Waals surface area contributed by atoms with Gasteiger partial charge in [0.05, 0.1) is 0 Å². The van der Waals surface area contributed by atoms with Crippen LogP contribution in [0.1, 0.15) is 29.4 Å². The molecule has 0 amide bonds. The average Bonchev–Trinajstić information content (AvgIpc) is 2.96. The number of fused-ring (bicyclic) bond motifs is 6. The topological polar surface area (TPSA) is 53.4 Å². The molecule has 0 saturated carbocycles. The molecule has 2 aliphatic rings. The number of rotatable bonds is 0. The van der Waals surface area contributed by atoms with Crippen molar-refractivity contribution in [2.75, 3.05) is 0 Å². The lowest BCUT2D eigenvalue weighted by Crippen LogP contribution is -1.96. The van der Waals surface area contributed by atoms with E-state index in [0.717, 1.165) is 17.5 Å². The summed E-state index contributed by atoms with van der Waals surface area (Å²) < 4.78 is 0. The van der Waals surface area contributed by atoms with Gasteiger partial charge in [0.1, 0.15) is 17.0 Å². The van der Waals surface area contributed by atoms with Crippen LogP contribution in [0, 0.1) is 0 Å². The largest absolute Gasteiger partial charge is 0.507 e. The van der Waals surface area contributed by atoms with E-state index >= 15 is 0 Å². The Labute approximate surface area is 98.0 Å². The van der Waals surface area contributed by atoms with Crippen LogP contribution in [0.2, 0.25) is 0 Å². The molecule has 3 heteroatoms. The molecule has 2 N–H and O–H groups in total. The third-order valence-corrected chi connectivity index (χ3v) is 3.91. The zero-order valence-electron chi connectivity index (χ0n) is 9.09. The second-order valence-electron chi connectivity index (χ2n) is 4.76. The molecular weight excluding hydrogens is 214 g/mol. The molecule has 1 aromatic carbocycles. The first-order valence-corrected chi connectivity index (χ1v) is 5.78. The van der Waals surface area contributed by atoms with Crippen molar-refractivity contribution >= 4 is 10.9 Å². The quantitative estimate of drug-likeness (QED) is 0.535.